The van der Waals surface area contributed by atoms with Crippen molar-refractivity contribution in [1.29, 1.82) is 0 Å². The van der Waals surface area contributed by atoms with Gasteiger partial charge in [0.2, 0.25) is 5.88 Å². The Labute approximate surface area is 205 Å². The van der Waals surface area contributed by atoms with Crippen LogP contribution in [0.15, 0.2) is 59.1 Å². The van der Waals surface area contributed by atoms with Crippen molar-refractivity contribution < 1.29 is 14.1 Å². The Balaban J connectivity index is 1.51. The first kappa shape index (κ1) is 22.9. The van der Waals surface area contributed by atoms with Crippen molar-refractivity contribution >= 4 is 23.4 Å². The van der Waals surface area contributed by atoms with Gasteiger partial charge in [-0.1, -0.05) is 47.1 Å². The molecule has 3 aromatic rings. The van der Waals surface area contributed by atoms with Crippen LogP contribution in [0.1, 0.15) is 48.0 Å². The Morgan fingerprint density at radius 2 is 1.79 bits per heavy atom. The van der Waals surface area contributed by atoms with Crippen molar-refractivity contribution in [1.82, 2.24) is 10.1 Å². The molecule has 0 saturated carbocycles. The molecule has 34 heavy (non-hydrogen) atoms. The van der Waals surface area contributed by atoms with Gasteiger partial charge in [-0.25, -0.2) is 0 Å². The SMILES string of the molecule is O=C(c1ccc(Cl)cc1)N(Cc1c(-c2ccccc2)noc1N1CCCCC1)C[C@@H]1CCCO1. The van der Waals surface area contributed by atoms with Gasteiger partial charge in [0, 0.05) is 42.4 Å². The molecule has 0 bridgehead atoms. The zero-order valence-corrected chi connectivity index (χ0v) is 20.0. The lowest BCUT2D eigenvalue weighted by Crippen LogP contribution is -2.38. The third kappa shape index (κ3) is 5.13. The minimum Gasteiger partial charge on any atom is -0.376 e. The van der Waals surface area contributed by atoms with Crippen molar-refractivity contribution in [3.63, 3.8) is 0 Å². The summed E-state index contributed by atoms with van der Waals surface area (Å²) < 4.78 is 11.9. The van der Waals surface area contributed by atoms with Crippen LogP contribution in [0.3, 0.4) is 0 Å². The van der Waals surface area contributed by atoms with Crippen molar-refractivity contribution in [3.05, 3.63) is 70.7 Å². The monoisotopic (exact) mass is 479 g/mol. The molecule has 0 unspecified atom stereocenters. The third-order valence-corrected chi connectivity index (χ3v) is 6.89. The predicted octanol–water partition coefficient (Wildman–Crippen LogP) is 5.81. The molecule has 0 spiro atoms. The highest BCUT2D eigenvalue weighted by Crippen LogP contribution is 2.34. The number of amides is 1. The number of nitrogens with zero attached hydrogens (tertiary/aromatic N) is 3. The third-order valence-electron chi connectivity index (χ3n) is 6.63. The first-order valence-electron chi connectivity index (χ1n) is 12.1. The molecule has 0 aliphatic carbocycles. The molecular weight excluding hydrogens is 450 g/mol. The number of carbonyl (C=O) groups excluding carboxylic acids is 1. The maximum absolute atomic E-state index is 13.7. The Bertz CT molecular complexity index is 1090. The van der Waals surface area contributed by atoms with E-state index in [2.05, 4.69) is 10.1 Å². The van der Waals surface area contributed by atoms with E-state index < -0.39 is 0 Å². The van der Waals surface area contributed by atoms with Crippen LogP contribution in [-0.4, -0.2) is 48.3 Å². The summed E-state index contributed by atoms with van der Waals surface area (Å²) >= 11 is 6.07. The topological polar surface area (TPSA) is 58.8 Å². The highest BCUT2D eigenvalue weighted by molar-refractivity contribution is 6.30. The van der Waals surface area contributed by atoms with E-state index in [0.717, 1.165) is 68.1 Å². The molecule has 2 saturated heterocycles. The molecule has 2 fully saturated rings. The fraction of sp³-hybridized carbons (Fsp3) is 0.407. The normalized spacial score (nSPS) is 18.3. The van der Waals surface area contributed by atoms with Crippen molar-refractivity contribution in [2.45, 2.75) is 44.8 Å². The van der Waals surface area contributed by atoms with Gasteiger partial charge in [-0.15, -0.1) is 0 Å². The molecule has 1 aromatic heterocycles. The summed E-state index contributed by atoms with van der Waals surface area (Å²) in [6.07, 6.45) is 5.50. The zero-order chi connectivity index (χ0) is 23.3. The molecular formula is C27H30ClN3O3. The van der Waals surface area contributed by atoms with Gasteiger partial charge in [-0.3, -0.25) is 4.79 Å². The fourth-order valence-electron chi connectivity index (χ4n) is 4.83. The molecule has 2 aromatic carbocycles. The zero-order valence-electron chi connectivity index (χ0n) is 19.3. The lowest BCUT2D eigenvalue weighted by molar-refractivity contribution is 0.0507. The first-order valence-corrected chi connectivity index (χ1v) is 12.5. The van der Waals surface area contributed by atoms with Crippen molar-refractivity contribution in [3.8, 4) is 11.3 Å². The molecule has 178 valence electrons. The molecule has 5 rings (SSSR count). The highest BCUT2D eigenvalue weighted by atomic mass is 35.5. The van der Waals surface area contributed by atoms with Gasteiger partial charge in [-0.05, 0) is 56.4 Å². The van der Waals surface area contributed by atoms with E-state index in [1.54, 1.807) is 24.3 Å². The van der Waals surface area contributed by atoms with Crippen LogP contribution in [0.5, 0.6) is 0 Å². The van der Waals surface area contributed by atoms with Gasteiger partial charge in [0.1, 0.15) is 5.69 Å². The lowest BCUT2D eigenvalue weighted by Gasteiger charge is -2.29. The quantitative estimate of drug-likeness (QED) is 0.428. The number of halogens is 1. The van der Waals surface area contributed by atoms with E-state index in [4.69, 9.17) is 20.9 Å². The minimum absolute atomic E-state index is 0.0368. The number of ether oxygens (including phenoxy) is 1. The summed E-state index contributed by atoms with van der Waals surface area (Å²) in [7, 11) is 0. The van der Waals surface area contributed by atoms with Crippen molar-refractivity contribution in [2.24, 2.45) is 0 Å². The number of anilines is 1. The number of piperidine rings is 1. The maximum Gasteiger partial charge on any atom is 0.254 e. The fourth-order valence-corrected chi connectivity index (χ4v) is 4.96. The van der Waals surface area contributed by atoms with E-state index >= 15 is 0 Å². The Morgan fingerprint density at radius 1 is 1.03 bits per heavy atom. The van der Waals surface area contributed by atoms with Gasteiger partial charge in [0.15, 0.2) is 0 Å². The molecule has 1 amide bonds. The van der Waals surface area contributed by atoms with E-state index in [1.807, 2.05) is 35.2 Å². The standard InChI is InChI=1S/C27H30ClN3O3/c28-22-13-11-21(12-14-22)26(32)31(18-23-10-7-17-33-23)19-24-25(20-8-3-1-4-9-20)29-34-27(24)30-15-5-2-6-16-30/h1,3-4,8-9,11-14,23H,2,5-7,10,15-19H2/t23-/m0/s1. The van der Waals surface area contributed by atoms with Gasteiger partial charge in [-0.2, -0.15) is 0 Å². The maximum atomic E-state index is 13.7. The Morgan fingerprint density at radius 3 is 2.50 bits per heavy atom. The van der Waals surface area contributed by atoms with E-state index in [0.29, 0.717) is 23.7 Å². The van der Waals surface area contributed by atoms with Gasteiger partial charge >= 0.3 is 0 Å². The largest absolute Gasteiger partial charge is 0.376 e. The predicted molar refractivity (Wildman–Crippen MR) is 133 cm³/mol. The molecule has 0 N–H and O–H groups in total. The molecule has 1 atom stereocenters. The summed E-state index contributed by atoms with van der Waals surface area (Å²) in [6, 6.07) is 17.1. The van der Waals surface area contributed by atoms with E-state index in [-0.39, 0.29) is 12.0 Å². The summed E-state index contributed by atoms with van der Waals surface area (Å²) in [5.74, 6) is 0.733. The molecule has 6 nitrogen and oxygen atoms in total. The number of carbonyl (C=O) groups is 1. The second kappa shape index (κ2) is 10.6. The number of hydrogen-bond acceptors (Lipinski definition) is 5. The Hall–Kier alpha value is -2.83. The minimum atomic E-state index is -0.0445. The second-order valence-corrected chi connectivity index (χ2v) is 9.49. The summed E-state index contributed by atoms with van der Waals surface area (Å²) in [5.41, 5.74) is 3.34. The van der Waals surface area contributed by atoms with Crippen LogP contribution in [0.25, 0.3) is 11.3 Å². The highest BCUT2D eigenvalue weighted by Gasteiger charge is 2.29. The molecule has 7 heteroatoms. The van der Waals surface area contributed by atoms with Crippen LogP contribution in [0.2, 0.25) is 5.02 Å². The van der Waals surface area contributed by atoms with Gasteiger partial charge < -0.3 is 19.1 Å². The smallest absolute Gasteiger partial charge is 0.254 e. The number of aromatic nitrogens is 1. The number of rotatable bonds is 7. The van der Waals surface area contributed by atoms with Crippen LogP contribution < -0.4 is 4.90 Å². The van der Waals surface area contributed by atoms with E-state index in [9.17, 15) is 4.79 Å². The van der Waals surface area contributed by atoms with Crippen LogP contribution in [-0.2, 0) is 11.3 Å². The van der Waals surface area contributed by atoms with Crippen molar-refractivity contribution in [2.75, 3.05) is 31.1 Å². The summed E-state index contributed by atoms with van der Waals surface area (Å²) in [4.78, 5) is 17.8. The number of benzene rings is 2. The van der Waals surface area contributed by atoms with Crippen LogP contribution in [0.4, 0.5) is 5.88 Å². The summed E-state index contributed by atoms with van der Waals surface area (Å²) in [6.45, 7) is 3.55. The number of hydrogen-bond donors (Lipinski definition) is 0. The van der Waals surface area contributed by atoms with E-state index in [1.165, 1.54) is 6.42 Å². The van der Waals surface area contributed by atoms with Gasteiger partial charge in [0.25, 0.3) is 5.91 Å². The van der Waals surface area contributed by atoms with Crippen LogP contribution in [0, 0.1) is 0 Å². The average molecular weight is 480 g/mol. The molecule has 3 heterocycles. The van der Waals surface area contributed by atoms with Crippen LogP contribution >= 0.6 is 11.6 Å². The van der Waals surface area contributed by atoms with Gasteiger partial charge in [0.05, 0.1) is 18.2 Å². The average Bonchev–Trinajstić information content (AvgIpc) is 3.55. The Kier molecular flexibility index (Phi) is 7.16. The second-order valence-electron chi connectivity index (χ2n) is 9.06. The first-order chi connectivity index (χ1) is 16.7. The molecule has 2 aliphatic rings. The molecule has 0 radical (unpaired) electrons. The summed E-state index contributed by atoms with van der Waals surface area (Å²) in [5, 5.41) is 5.10. The molecule has 2 aliphatic heterocycles. The lowest BCUT2D eigenvalue weighted by atomic mass is 10.0.